The monoisotopic (exact) mass is 364 g/mol. The summed E-state index contributed by atoms with van der Waals surface area (Å²) in [5.74, 6) is -0.447. The van der Waals surface area contributed by atoms with Crippen LogP contribution >= 0.6 is 0 Å². The molecule has 0 bridgehead atoms. The van der Waals surface area contributed by atoms with E-state index in [1.54, 1.807) is 4.90 Å². The zero-order chi connectivity index (χ0) is 19.1. The first-order chi connectivity index (χ1) is 13.8. The van der Waals surface area contributed by atoms with Crippen molar-refractivity contribution in [1.82, 2.24) is 5.32 Å². The van der Waals surface area contributed by atoms with E-state index < -0.39 is 0 Å². The van der Waals surface area contributed by atoms with Gasteiger partial charge in [-0.1, -0.05) is 78.9 Å². The molecule has 0 aliphatic carbocycles. The Bertz CT molecular complexity index is 1150. The van der Waals surface area contributed by atoms with Crippen LogP contribution in [0.15, 0.2) is 102 Å². The molecule has 0 spiro atoms. The van der Waals surface area contributed by atoms with Crippen molar-refractivity contribution in [2.24, 2.45) is 0 Å². The molecule has 0 aromatic heterocycles. The highest BCUT2D eigenvalue weighted by Gasteiger charge is 2.45. The predicted octanol–water partition coefficient (Wildman–Crippen LogP) is 3.99. The highest BCUT2D eigenvalue weighted by atomic mass is 16.2. The van der Waals surface area contributed by atoms with Crippen molar-refractivity contribution in [2.75, 3.05) is 4.90 Å². The lowest BCUT2D eigenvalue weighted by molar-refractivity contribution is -0.116. The first kappa shape index (κ1) is 16.3. The number of rotatable bonds is 3. The van der Waals surface area contributed by atoms with Gasteiger partial charge in [0.2, 0.25) is 0 Å². The van der Waals surface area contributed by atoms with Crippen LogP contribution in [-0.4, -0.2) is 11.8 Å². The van der Waals surface area contributed by atoms with Gasteiger partial charge in [-0.25, -0.2) is 0 Å². The van der Waals surface area contributed by atoms with Gasteiger partial charge in [0, 0.05) is 5.69 Å². The second kappa shape index (κ2) is 6.35. The third-order valence-corrected chi connectivity index (χ3v) is 4.97. The highest BCUT2D eigenvalue weighted by molar-refractivity contribution is 6.36. The Morgan fingerprint density at radius 2 is 1.14 bits per heavy atom. The molecule has 2 aliphatic rings. The van der Waals surface area contributed by atoms with Gasteiger partial charge in [0.05, 0.1) is 22.5 Å². The van der Waals surface area contributed by atoms with Crippen LogP contribution in [0.2, 0.25) is 0 Å². The van der Waals surface area contributed by atoms with Crippen molar-refractivity contribution in [3.63, 3.8) is 0 Å². The highest BCUT2D eigenvalue weighted by Crippen LogP contribution is 2.44. The van der Waals surface area contributed by atoms with Gasteiger partial charge in [-0.3, -0.25) is 14.5 Å². The average molecular weight is 364 g/mol. The Balaban J connectivity index is 1.80. The fraction of sp³-hybridized carbons (Fsp3) is 0. The number of para-hydroxylation sites is 1. The molecule has 0 saturated carbocycles. The third-order valence-electron chi connectivity index (χ3n) is 4.97. The van der Waals surface area contributed by atoms with Gasteiger partial charge in [0.25, 0.3) is 11.8 Å². The summed E-state index contributed by atoms with van der Waals surface area (Å²) in [5.41, 5.74) is 4.43. The fourth-order valence-corrected chi connectivity index (χ4v) is 3.76. The molecule has 4 nitrogen and oxygen atoms in total. The lowest BCUT2D eigenvalue weighted by atomic mass is 10.0. The summed E-state index contributed by atoms with van der Waals surface area (Å²) in [6, 6.07) is 28.5. The summed E-state index contributed by atoms with van der Waals surface area (Å²) in [7, 11) is 0. The number of amides is 2. The maximum absolute atomic E-state index is 13.5. The zero-order valence-corrected chi connectivity index (χ0v) is 14.9. The maximum atomic E-state index is 13.5. The van der Waals surface area contributed by atoms with E-state index in [2.05, 4.69) is 5.32 Å². The van der Waals surface area contributed by atoms with Crippen LogP contribution in [0, 0.1) is 0 Å². The van der Waals surface area contributed by atoms with Crippen molar-refractivity contribution >= 4 is 28.9 Å². The smallest absolute Gasteiger partial charge is 0.265 e. The molecule has 28 heavy (non-hydrogen) atoms. The van der Waals surface area contributed by atoms with Gasteiger partial charge in [0.1, 0.15) is 0 Å². The van der Waals surface area contributed by atoms with Crippen molar-refractivity contribution in [1.29, 1.82) is 0 Å². The van der Waals surface area contributed by atoms with E-state index in [0.717, 1.165) is 16.8 Å². The maximum Gasteiger partial charge on any atom is 0.265 e. The van der Waals surface area contributed by atoms with E-state index in [1.807, 2.05) is 91.0 Å². The normalized spacial score (nSPS) is 15.9. The number of benzene rings is 3. The summed E-state index contributed by atoms with van der Waals surface area (Å²) in [6.07, 6.45) is 0. The summed E-state index contributed by atoms with van der Waals surface area (Å²) in [5, 5.41) is 2.91. The van der Waals surface area contributed by atoms with Crippen LogP contribution in [0.4, 0.5) is 5.69 Å². The van der Waals surface area contributed by atoms with Crippen LogP contribution in [0.25, 0.3) is 11.4 Å². The Labute approximate surface area is 162 Å². The summed E-state index contributed by atoms with van der Waals surface area (Å²) in [4.78, 5) is 28.1. The van der Waals surface area contributed by atoms with Crippen LogP contribution in [-0.2, 0) is 9.59 Å². The molecular weight excluding hydrogens is 348 g/mol. The van der Waals surface area contributed by atoms with Gasteiger partial charge >= 0.3 is 0 Å². The van der Waals surface area contributed by atoms with Gasteiger partial charge in [0.15, 0.2) is 0 Å². The van der Waals surface area contributed by atoms with E-state index in [1.165, 1.54) is 0 Å². The van der Waals surface area contributed by atoms with Gasteiger partial charge in [-0.2, -0.15) is 0 Å². The number of hydrogen-bond acceptors (Lipinski definition) is 2. The van der Waals surface area contributed by atoms with Gasteiger partial charge < -0.3 is 5.32 Å². The molecule has 2 heterocycles. The Morgan fingerprint density at radius 3 is 1.75 bits per heavy atom. The van der Waals surface area contributed by atoms with Crippen LogP contribution in [0.5, 0.6) is 0 Å². The average Bonchev–Trinajstić information content (AvgIpc) is 3.25. The first-order valence-electron chi connectivity index (χ1n) is 9.06. The minimum Gasteiger partial charge on any atom is -0.321 e. The molecule has 3 aromatic carbocycles. The summed E-state index contributed by atoms with van der Waals surface area (Å²) >= 11 is 0. The van der Waals surface area contributed by atoms with Crippen molar-refractivity contribution in [3.8, 4) is 0 Å². The first-order valence-corrected chi connectivity index (χ1v) is 9.06. The van der Waals surface area contributed by atoms with Crippen molar-refractivity contribution in [2.45, 2.75) is 0 Å². The molecule has 134 valence electrons. The number of hydrogen-bond donors (Lipinski definition) is 1. The molecule has 0 radical (unpaired) electrons. The molecule has 1 N–H and O–H groups in total. The van der Waals surface area contributed by atoms with Gasteiger partial charge in [-0.15, -0.1) is 0 Å². The number of anilines is 1. The minimum atomic E-state index is -0.250. The van der Waals surface area contributed by atoms with Crippen LogP contribution in [0.3, 0.4) is 0 Å². The van der Waals surface area contributed by atoms with Crippen molar-refractivity contribution in [3.05, 3.63) is 113 Å². The second-order valence-electron chi connectivity index (χ2n) is 6.64. The van der Waals surface area contributed by atoms with E-state index in [4.69, 9.17) is 0 Å². The molecule has 0 saturated heterocycles. The third kappa shape index (κ3) is 2.39. The minimum absolute atomic E-state index is 0.197. The van der Waals surface area contributed by atoms with E-state index >= 15 is 0 Å². The molecule has 2 aliphatic heterocycles. The van der Waals surface area contributed by atoms with Crippen LogP contribution in [0.1, 0.15) is 11.1 Å². The molecule has 0 fully saturated rings. The van der Waals surface area contributed by atoms with Crippen molar-refractivity contribution < 1.29 is 9.59 Å². The molecule has 4 heteroatoms. The quantitative estimate of drug-likeness (QED) is 0.764. The van der Waals surface area contributed by atoms with E-state index in [9.17, 15) is 9.59 Å². The predicted molar refractivity (Wildman–Crippen MR) is 109 cm³/mol. The topological polar surface area (TPSA) is 49.4 Å². The Kier molecular flexibility index (Phi) is 3.69. The largest absolute Gasteiger partial charge is 0.321 e. The van der Waals surface area contributed by atoms with E-state index in [0.29, 0.717) is 22.5 Å². The Morgan fingerprint density at radius 1 is 0.607 bits per heavy atom. The van der Waals surface area contributed by atoms with Gasteiger partial charge in [-0.05, 0) is 23.3 Å². The SMILES string of the molecule is O=C1NC(c2ccccc2)=C2C(=O)N(c3ccccc3)C(c3ccccc3)=C12. The number of carbonyl (C=O) groups excluding carboxylic acids is 2. The zero-order valence-electron chi connectivity index (χ0n) is 14.9. The molecule has 2 amide bonds. The standard InChI is InChI=1S/C24H16N2O2/c27-23-20-19(21(25-23)16-10-4-1-5-11-16)24(28)26(18-14-8-3-9-15-18)22(20)17-12-6-2-7-13-17/h1-15H,(H,25,27). The number of nitrogens with one attached hydrogen (secondary N) is 1. The summed E-state index contributed by atoms with van der Waals surface area (Å²) < 4.78 is 0. The van der Waals surface area contributed by atoms with E-state index in [-0.39, 0.29) is 11.8 Å². The molecular formula is C24H16N2O2. The number of carbonyl (C=O) groups is 2. The lowest BCUT2D eigenvalue weighted by Gasteiger charge is -2.21. The number of fused-ring (bicyclic) bond motifs is 1. The van der Waals surface area contributed by atoms with Crippen LogP contribution < -0.4 is 10.2 Å². The molecule has 0 unspecified atom stereocenters. The molecule has 5 rings (SSSR count). The second-order valence-corrected chi connectivity index (χ2v) is 6.64. The lowest BCUT2D eigenvalue weighted by Crippen LogP contribution is -2.27. The molecule has 0 atom stereocenters. The fourth-order valence-electron chi connectivity index (χ4n) is 3.76. The Hall–Kier alpha value is -3.92. The molecule has 3 aromatic rings. The number of nitrogens with zero attached hydrogens (tertiary/aromatic N) is 1. The summed E-state index contributed by atoms with van der Waals surface area (Å²) in [6.45, 7) is 0.